The van der Waals surface area contributed by atoms with Crippen LogP contribution in [0.5, 0.6) is 0 Å². The van der Waals surface area contributed by atoms with Crippen LogP contribution in [-0.4, -0.2) is 10.9 Å². The van der Waals surface area contributed by atoms with Gasteiger partial charge in [0.1, 0.15) is 0 Å². The average molecular weight is 327 g/mol. The van der Waals surface area contributed by atoms with E-state index in [1.807, 2.05) is 24.3 Å². The van der Waals surface area contributed by atoms with Crippen molar-refractivity contribution in [2.75, 3.05) is 0 Å². The van der Waals surface area contributed by atoms with Crippen LogP contribution in [0.1, 0.15) is 15.9 Å². The van der Waals surface area contributed by atoms with Crippen molar-refractivity contribution < 1.29 is 13.6 Å². The van der Waals surface area contributed by atoms with Gasteiger partial charge in [0, 0.05) is 17.2 Å². The summed E-state index contributed by atoms with van der Waals surface area (Å²) < 4.78 is 27.1. The van der Waals surface area contributed by atoms with Gasteiger partial charge in [0.05, 0.1) is 5.56 Å². The van der Waals surface area contributed by atoms with Crippen LogP contribution in [0.15, 0.2) is 41.0 Å². The van der Waals surface area contributed by atoms with Crippen LogP contribution < -0.4 is 5.32 Å². The number of halogens is 3. The molecule has 0 spiro atoms. The van der Waals surface area contributed by atoms with Gasteiger partial charge >= 0.3 is 0 Å². The molecule has 1 aromatic heterocycles. The molecule has 2 rings (SSSR count). The van der Waals surface area contributed by atoms with E-state index in [1.165, 1.54) is 0 Å². The molecule has 2 aromatic rings. The van der Waals surface area contributed by atoms with Crippen LogP contribution in [0, 0.1) is 11.8 Å². The highest BCUT2D eigenvalue weighted by atomic mass is 79.9. The van der Waals surface area contributed by atoms with Crippen LogP contribution >= 0.6 is 15.9 Å². The molecule has 0 aliphatic rings. The molecule has 19 heavy (non-hydrogen) atoms. The summed E-state index contributed by atoms with van der Waals surface area (Å²) >= 11 is 3.29. The molecule has 1 heterocycles. The predicted molar refractivity (Wildman–Crippen MR) is 69.5 cm³/mol. The highest BCUT2D eigenvalue weighted by Crippen LogP contribution is 2.11. The fraction of sp³-hybridized carbons (Fsp3) is 0.0769. The molecule has 1 aromatic carbocycles. The van der Waals surface area contributed by atoms with Gasteiger partial charge in [-0.15, -0.1) is 0 Å². The maximum Gasteiger partial charge on any atom is 0.254 e. The lowest BCUT2D eigenvalue weighted by Crippen LogP contribution is -2.24. The molecule has 1 amide bonds. The zero-order valence-electron chi connectivity index (χ0n) is 9.66. The Morgan fingerprint density at radius 1 is 1.21 bits per heavy atom. The molecule has 0 bridgehead atoms. The van der Waals surface area contributed by atoms with E-state index in [0.717, 1.165) is 22.3 Å². The van der Waals surface area contributed by atoms with E-state index in [2.05, 4.69) is 26.2 Å². The van der Waals surface area contributed by atoms with Gasteiger partial charge in [-0.3, -0.25) is 4.79 Å². The van der Waals surface area contributed by atoms with Crippen molar-refractivity contribution in [1.82, 2.24) is 10.3 Å². The van der Waals surface area contributed by atoms with Gasteiger partial charge in [-0.1, -0.05) is 28.1 Å². The number of benzene rings is 1. The Kier molecular flexibility index (Phi) is 4.21. The average Bonchev–Trinajstić information content (AvgIpc) is 2.41. The first-order valence-electron chi connectivity index (χ1n) is 5.40. The Hall–Kier alpha value is -1.82. The third-order valence-corrected chi connectivity index (χ3v) is 2.99. The molecular formula is C13H9BrF2N2O. The van der Waals surface area contributed by atoms with E-state index in [-0.39, 0.29) is 12.1 Å². The SMILES string of the molecule is O=C(NCc1ccc(Br)cc1)c1ccnc(F)c1F. The van der Waals surface area contributed by atoms with Crippen LogP contribution in [0.3, 0.4) is 0 Å². The highest BCUT2D eigenvalue weighted by Gasteiger charge is 2.15. The number of nitrogens with one attached hydrogen (secondary N) is 1. The van der Waals surface area contributed by atoms with Gasteiger partial charge in [0.15, 0.2) is 5.82 Å². The van der Waals surface area contributed by atoms with Crippen molar-refractivity contribution in [3.63, 3.8) is 0 Å². The molecule has 0 radical (unpaired) electrons. The smallest absolute Gasteiger partial charge is 0.254 e. The molecule has 0 atom stereocenters. The lowest BCUT2D eigenvalue weighted by atomic mass is 10.2. The van der Waals surface area contributed by atoms with E-state index < -0.39 is 17.7 Å². The van der Waals surface area contributed by atoms with Crippen molar-refractivity contribution in [3.8, 4) is 0 Å². The predicted octanol–water partition coefficient (Wildman–Crippen LogP) is 3.05. The zero-order valence-corrected chi connectivity index (χ0v) is 11.2. The number of nitrogens with zero attached hydrogens (tertiary/aromatic N) is 1. The molecule has 0 unspecified atom stereocenters. The van der Waals surface area contributed by atoms with Gasteiger partial charge in [0.25, 0.3) is 5.91 Å². The summed E-state index contributed by atoms with van der Waals surface area (Å²) in [5.74, 6) is -3.20. The van der Waals surface area contributed by atoms with E-state index in [1.54, 1.807) is 0 Å². The molecule has 98 valence electrons. The number of carbonyl (C=O) groups excluding carboxylic acids is 1. The first-order chi connectivity index (χ1) is 9.08. The van der Waals surface area contributed by atoms with Crippen molar-refractivity contribution >= 4 is 21.8 Å². The third kappa shape index (κ3) is 3.35. The lowest BCUT2D eigenvalue weighted by molar-refractivity contribution is 0.0945. The highest BCUT2D eigenvalue weighted by molar-refractivity contribution is 9.10. The summed E-state index contributed by atoms with van der Waals surface area (Å²) in [5, 5.41) is 2.51. The number of carbonyl (C=O) groups is 1. The first-order valence-corrected chi connectivity index (χ1v) is 6.20. The van der Waals surface area contributed by atoms with Crippen LogP contribution in [0.2, 0.25) is 0 Å². The normalized spacial score (nSPS) is 10.3. The minimum atomic E-state index is -1.28. The summed E-state index contributed by atoms with van der Waals surface area (Å²) in [5.41, 5.74) is 0.496. The number of hydrogen-bond donors (Lipinski definition) is 1. The monoisotopic (exact) mass is 326 g/mol. The van der Waals surface area contributed by atoms with E-state index in [9.17, 15) is 13.6 Å². The largest absolute Gasteiger partial charge is 0.348 e. The minimum Gasteiger partial charge on any atom is -0.348 e. The van der Waals surface area contributed by atoms with Crippen LogP contribution in [0.25, 0.3) is 0 Å². The van der Waals surface area contributed by atoms with Gasteiger partial charge in [-0.05, 0) is 23.8 Å². The molecule has 0 saturated heterocycles. The van der Waals surface area contributed by atoms with Gasteiger partial charge in [0.2, 0.25) is 5.95 Å². The Labute approximate surface area is 116 Å². The van der Waals surface area contributed by atoms with Gasteiger partial charge in [-0.25, -0.2) is 9.37 Å². The molecule has 0 fully saturated rings. The fourth-order valence-corrected chi connectivity index (χ4v) is 1.74. The minimum absolute atomic E-state index is 0.232. The van der Waals surface area contributed by atoms with Crippen molar-refractivity contribution in [1.29, 1.82) is 0 Å². The Morgan fingerprint density at radius 2 is 1.89 bits per heavy atom. The van der Waals surface area contributed by atoms with Crippen LogP contribution in [-0.2, 0) is 6.54 Å². The topological polar surface area (TPSA) is 42.0 Å². The number of aromatic nitrogens is 1. The van der Waals surface area contributed by atoms with E-state index in [0.29, 0.717) is 0 Å². The molecule has 0 saturated carbocycles. The molecule has 0 aliphatic heterocycles. The van der Waals surface area contributed by atoms with Gasteiger partial charge < -0.3 is 5.32 Å². The summed E-state index contributed by atoms with van der Waals surface area (Å²) in [6.07, 6.45) is 1.05. The third-order valence-electron chi connectivity index (χ3n) is 2.46. The zero-order chi connectivity index (χ0) is 13.8. The summed E-state index contributed by atoms with van der Waals surface area (Å²) in [6, 6.07) is 8.42. The second kappa shape index (κ2) is 5.88. The molecule has 1 N–H and O–H groups in total. The first kappa shape index (κ1) is 13.6. The maximum absolute atomic E-state index is 13.3. The Morgan fingerprint density at radius 3 is 2.58 bits per heavy atom. The van der Waals surface area contributed by atoms with E-state index >= 15 is 0 Å². The second-order valence-corrected chi connectivity index (χ2v) is 4.69. The second-order valence-electron chi connectivity index (χ2n) is 3.77. The van der Waals surface area contributed by atoms with Crippen molar-refractivity contribution in [2.24, 2.45) is 0 Å². The molecule has 6 heteroatoms. The molecule has 0 aliphatic carbocycles. The number of pyridine rings is 1. The summed E-state index contributed by atoms with van der Waals surface area (Å²) in [4.78, 5) is 14.8. The molecule has 3 nitrogen and oxygen atoms in total. The number of amides is 1. The number of hydrogen-bond acceptors (Lipinski definition) is 2. The fourth-order valence-electron chi connectivity index (χ4n) is 1.47. The van der Waals surface area contributed by atoms with Crippen molar-refractivity contribution in [2.45, 2.75) is 6.54 Å². The standard InChI is InChI=1S/C13H9BrF2N2O/c14-9-3-1-8(2-4-9)7-18-13(19)10-5-6-17-12(16)11(10)15/h1-6H,7H2,(H,18,19). The molecular weight excluding hydrogens is 318 g/mol. The Balaban J connectivity index is 2.05. The summed E-state index contributed by atoms with van der Waals surface area (Å²) in [7, 11) is 0. The summed E-state index contributed by atoms with van der Waals surface area (Å²) in [6.45, 7) is 0.232. The van der Waals surface area contributed by atoms with Gasteiger partial charge in [-0.2, -0.15) is 4.39 Å². The number of rotatable bonds is 3. The Bertz CT molecular complexity index is 602. The van der Waals surface area contributed by atoms with Crippen LogP contribution in [0.4, 0.5) is 8.78 Å². The maximum atomic E-state index is 13.3. The quantitative estimate of drug-likeness (QED) is 0.881. The van der Waals surface area contributed by atoms with E-state index in [4.69, 9.17) is 0 Å². The van der Waals surface area contributed by atoms with Crippen molar-refractivity contribution in [3.05, 3.63) is 63.9 Å². The lowest BCUT2D eigenvalue weighted by Gasteiger charge is -2.06.